The Morgan fingerprint density at radius 1 is 1.80 bits per heavy atom. The molecule has 82 valence electrons. The van der Waals surface area contributed by atoms with Crippen molar-refractivity contribution in [3.63, 3.8) is 0 Å². The van der Waals surface area contributed by atoms with Crippen LogP contribution in [0.25, 0.3) is 0 Å². The van der Waals surface area contributed by atoms with Crippen molar-refractivity contribution in [3.05, 3.63) is 12.2 Å². The number of nitrogens with zero attached hydrogens (tertiary/aromatic N) is 2. The lowest BCUT2D eigenvalue weighted by atomic mass is 10.2. The van der Waals surface area contributed by atoms with Gasteiger partial charge < -0.3 is 4.90 Å². The van der Waals surface area contributed by atoms with E-state index in [9.17, 15) is 4.79 Å². The van der Waals surface area contributed by atoms with E-state index in [1.807, 2.05) is 12.3 Å². The maximum atomic E-state index is 11.7. The van der Waals surface area contributed by atoms with Crippen molar-refractivity contribution >= 4 is 17.7 Å². The van der Waals surface area contributed by atoms with Gasteiger partial charge in [0, 0.05) is 13.0 Å². The lowest BCUT2D eigenvalue weighted by molar-refractivity contribution is -0.133. The minimum Gasteiger partial charge on any atom is -0.305 e. The van der Waals surface area contributed by atoms with Crippen LogP contribution in [0.5, 0.6) is 0 Å². The fraction of sp³-hybridized carbons (Fsp3) is 0.600. The second kappa shape index (κ2) is 5.19. The molecule has 0 aromatic heterocycles. The third kappa shape index (κ3) is 2.74. The highest BCUT2D eigenvalue weighted by Crippen LogP contribution is 2.18. The average Bonchev–Trinajstić information content (AvgIpc) is 2.61. The molecular formula is C10H15N3OS. The molecule has 0 fully saturated rings. The quantitative estimate of drug-likeness (QED) is 0.565. The van der Waals surface area contributed by atoms with E-state index in [1.54, 1.807) is 23.9 Å². The van der Waals surface area contributed by atoms with E-state index in [2.05, 4.69) is 0 Å². The Kier molecular flexibility index (Phi) is 4.18. The highest BCUT2D eigenvalue weighted by molar-refractivity contribution is 7.98. The van der Waals surface area contributed by atoms with E-state index >= 15 is 0 Å². The topological polar surface area (TPSA) is 70.1 Å². The molecule has 1 amide bonds. The van der Waals surface area contributed by atoms with E-state index in [0.717, 1.165) is 12.2 Å². The first kappa shape index (κ1) is 12.1. The second-order valence-corrected chi connectivity index (χ2v) is 4.43. The van der Waals surface area contributed by atoms with Gasteiger partial charge in [0.25, 0.3) is 0 Å². The zero-order valence-corrected chi connectivity index (χ0v) is 9.59. The van der Waals surface area contributed by atoms with Gasteiger partial charge in [-0.05, 0) is 24.5 Å². The Hall–Kier alpha value is -0.990. The predicted octanol–water partition coefficient (Wildman–Crippen LogP) is 0.707. The number of nitriles is 1. The molecule has 5 heteroatoms. The summed E-state index contributed by atoms with van der Waals surface area (Å²) in [6.45, 7) is 0.447. The minimum atomic E-state index is -1.23. The molecule has 1 rings (SSSR count). The summed E-state index contributed by atoms with van der Waals surface area (Å²) in [5.41, 5.74) is 4.53. The molecule has 0 aliphatic carbocycles. The van der Waals surface area contributed by atoms with Crippen LogP contribution in [0.2, 0.25) is 0 Å². The molecule has 1 atom stereocenters. The molecule has 0 saturated heterocycles. The number of nitrogens with two attached hydrogens (primary N) is 1. The van der Waals surface area contributed by atoms with Crippen LogP contribution in [0, 0.1) is 11.3 Å². The number of carbonyl (C=O) groups excluding carboxylic acids is 1. The fourth-order valence-electron chi connectivity index (χ4n) is 1.49. The number of thioether (sulfide) groups is 1. The van der Waals surface area contributed by atoms with E-state index < -0.39 is 5.66 Å². The van der Waals surface area contributed by atoms with Gasteiger partial charge in [0.15, 0.2) is 5.66 Å². The van der Waals surface area contributed by atoms with E-state index in [1.165, 1.54) is 4.90 Å². The number of hydrogen-bond acceptors (Lipinski definition) is 4. The molecule has 1 unspecified atom stereocenters. The van der Waals surface area contributed by atoms with Gasteiger partial charge in [-0.25, -0.2) is 0 Å². The maximum Gasteiger partial charge on any atom is 0.225 e. The van der Waals surface area contributed by atoms with Crippen LogP contribution in [0.3, 0.4) is 0 Å². The second-order valence-electron chi connectivity index (χ2n) is 3.44. The monoisotopic (exact) mass is 225 g/mol. The van der Waals surface area contributed by atoms with Crippen molar-refractivity contribution in [2.45, 2.75) is 18.5 Å². The van der Waals surface area contributed by atoms with Crippen LogP contribution in [-0.4, -0.2) is 35.0 Å². The molecule has 15 heavy (non-hydrogen) atoms. The van der Waals surface area contributed by atoms with Gasteiger partial charge in [0.05, 0.1) is 0 Å². The van der Waals surface area contributed by atoms with E-state index in [4.69, 9.17) is 11.0 Å². The minimum absolute atomic E-state index is 0.0434. The van der Waals surface area contributed by atoms with Crippen LogP contribution in [-0.2, 0) is 4.79 Å². The standard InChI is InChI=1S/C10H15N3OS/c1-15-7-2-4-9(14)13-6-3-5-10(13,12)8-11/h3,5H,2,4,6-7,12H2,1H3. The van der Waals surface area contributed by atoms with Gasteiger partial charge in [-0.2, -0.15) is 17.0 Å². The largest absolute Gasteiger partial charge is 0.305 e. The number of hydrogen-bond donors (Lipinski definition) is 1. The van der Waals surface area contributed by atoms with Crippen LogP contribution >= 0.6 is 11.8 Å². The van der Waals surface area contributed by atoms with Gasteiger partial charge in [0.1, 0.15) is 6.07 Å². The first-order chi connectivity index (χ1) is 7.14. The molecule has 1 heterocycles. The highest BCUT2D eigenvalue weighted by Gasteiger charge is 2.36. The van der Waals surface area contributed by atoms with Gasteiger partial charge in [-0.3, -0.25) is 10.5 Å². The van der Waals surface area contributed by atoms with Crippen LogP contribution in [0.1, 0.15) is 12.8 Å². The first-order valence-electron chi connectivity index (χ1n) is 4.81. The lowest BCUT2D eigenvalue weighted by Crippen LogP contribution is -2.53. The molecule has 0 aromatic rings. The van der Waals surface area contributed by atoms with Crippen LogP contribution < -0.4 is 5.73 Å². The van der Waals surface area contributed by atoms with Gasteiger partial charge in [-0.1, -0.05) is 6.08 Å². The summed E-state index contributed by atoms with van der Waals surface area (Å²) in [6.07, 6.45) is 6.64. The molecule has 0 bridgehead atoms. The number of rotatable bonds is 4. The molecule has 0 spiro atoms. The molecule has 0 radical (unpaired) electrons. The smallest absolute Gasteiger partial charge is 0.225 e. The Morgan fingerprint density at radius 3 is 3.13 bits per heavy atom. The average molecular weight is 225 g/mol. The maximum absolute atomic E-state index is 11.7. The van der Waals surface area contributed by atoms with Crippen LogP contribution in [0.4, 0.5) is 0 Å². The third-order valence-electron chi connectivity index (χ3n) is 2.33. The zero-order chi connectivity index (χ0) is 11.3. The van der Waals surface area contributed by atoms with Gasteiger partial charge in [0.2, 0.25) is 5.91 Å². The molecule has 1 aliphatic rings. The summed E-state index contributed by atoms with van der Waals surface area (Å²) in [5, 5.41) is 8.89. The summed E-state index contributed by atoms with van der Waals surface area (Å²) >= 11 is 1.71. The summed E-state index contributed by atoms with van der Waals surface area (Å²) in [6, 6.07) is 1.95. The predicted molar refractivity (Wildman–Crippen MR) is 61.0 cm³/mol. The first-order valence-corrected chi connectivity index (χ1v) is 6.20. The summed E-state index contributed by atoms with van der Waals surface area (Å²) in [5.74, 6) is 0.912. The normalized spacial score (nSPS) is 24.2. The van der Waals surface area contributed by atoms with Crippen molar-refractivity contribution in [1.29, 1.82) is 5.26 Å². The molecular weight excluding hydrogens is 210 g/mol. The highest BCUT2D eigenvalue weighted by atomic mass is 32.2. The third-order valence-corrected chi connectivity index (χ3v) is 3.02. The van der Waals surface area contributed by atoms with Gasteiger partial charge >= 0.3 is 0 Å². The Balaban J connectivity index is 2.51. The molecule has 2 N–H and O–H groups in total. The molecule has 0 aromatic carbocycles. The Labute approximate surface area is 94.1 Å². The fourth-order valence-corrected chi connectivity index (χ4v) is 1.92. The zero-order valence-electron chi connectivity index (χ0n) is 8.77. The number of amides is 1. The van der Waals surface area contributed by atoms with Crippen LogP contribution in [0.15, 0.2) is 12.2 Å². The lowest BCUT2D eigenvalue weighted by Gasteiger charge is -2.28. The van der Waals surface area contributed by atoms with Crippen molar-refractivity contribution in [2.24, 2.45) is 5.73 Å². The van der Waals surface area contributed by atoms with Crippen molar-refractivity contribution in [3.8, 4) is 6.07 Å². The molecule has 1 aliphatic heterocycles. The van der Waals surface area contributed by atoms with E-state index in [-0.39, 0.29) is 5.91 Å². The summed E-state index contributed by atoms with van der Waals surface area (Å²) in [4.78, 5) is 13.2. The van der Waals surface area contributed by atoms with E-state index in [0.29, 0.717) is 13.0 Å². The Bertz CT molecular complexity index is 310. The molecule has 4 nitrogen and oxygen atoms in total. The summed E-state index contributed by atoms with van der Waals surface area (Å²) < 4.78 is 0. The summed E-state index contributed by atoms with van der Waals surface area (Å²) in [7, 11) is 0. The SMILES string of the molecule is CSCCCC(=O)N1CC=CC1(N)C#N. The van der Waals surface area contributed by atoms with Crippen molar-refractivity contribution in [2.75, 3.05) is 18.6 Å². The Morgan fingerprint density at radius 2 is 2.53 bits per heavy atom. The van der Waals surface area contributed by atoms with Gasteiger partial charge in [-0.15, -0.1) is 0 Å². The van der Waals surface area contributed by atoms with Crippen molar-refractivity contribution in [1.82, 2.24) is 4.90 Å². The molecule has 0 saturated carbocycles. The number of carbonyl (C=O) groups is 1. The van der Waals surface area contributed by atoms with Crippen molar-refractivity contribution < 1.29 is 4.79 Å².